The van der Waals surface area contributed by atoms with Gasteiger partial charge < -0.3 is 14.6 Å². The van der Waals surface area contributed by atoms with E-state index < -0.39 is 17.7 Å². The summed E-state index contributed by atoms with van der Waals surface area (Å²) in [5.74, 6) is -0.809. The van der Waals surface area contributed by atoms with Crippen LogP contribution in [-0.4, -0.2) is 35.0 Å². The molecular weight excluding hydrogens is 500 g/mol. The maximum Gasteiger partial charge on any atom is 0.301 e. The lowest BCUT2D eigenvalue weighted by Gasteiger charge is -2.23. The number of anilines is 1. The first-order valence-electron chi connectivity index (χ1n) is 11.2. The quantitative estimate of drug-likeness (QED) is 0.214. The van der Waals surface area contributed by atoms with Gasteiger partial charge in [0.15, 0.2) is 16.6 Å². The van der Waals surface area contributed by atoms with Crippen molar-refractivity contribution in [3.8, 4) is 11.5 Å². The lowest BCUT2D eigenvalue weighted by atomic mass is 9.94. The van der Waals surface area contributed by atoms with Crippen molar-refractivity contribution in [3.63, 3.8) is 0 Å². The number of fused-ring (bicyclic) bond motifs is 2. The van der Waals surface area contributed by atoms with Crippen LogP contribution < -0.4 is 14.4 Å². The molecule has 1 atom stereocenters. The molecule has 1 aromatic heterocycles. The number of carbonyl (C=O) groups is 2. The number of amides is 1. The summed E-state index contributed by atoms with van der Waals surface area (Å²) in [5, 5.41) is 12.3. The summed E-state index contributed by atoms with van der Waals surface area (Å²) in [6, 6.07) is 16.8. The van der Waals surface area contributed by atoms with Crippen molar-refractivity contribution < 1.29 is 24.2 Å². The Labute approximate surface area is 215 Å². The van der Waals surface area contributed by atoms with Crippen LogP contribution in [0.2, 0.25) is 5.02 Å². The fraction of sp³-hybridized carbons (Fsp3) is 0.148. The van der Waals surface area contributed by atoms with Gasteiger partial charge in [0.05, 0.1) is 21.8 Å². The Morgan fingerprint density at radius 3 is 2.67 bits per heavy atom. The topological polar surface area (TPSA) is 89.0 Å². The number of aliphatic hydroxyl groups excluding tert-OH is 1. The van der Waals surface area contributed by atoms with E-state index in [4.69, 9.17) is 21.1 Å². The molecule has 4 aromatic rings. The van der Waals surface area contributed by atoms with Crippen molar-refractivity contribution in [3.05, 3.63) is 87.9 Å². The zero-order chi connectivity index (χ0) is 25.0. The molecule has 9 heteroatoms. The first-order valence-corrected chi connectivity index (χ1v) is 12.4. The molecule has 6 rings (SSSR count). The number of aliphatic hydroxyl groups is 1. The monoisotopic (exact) mass is 518 g/mol. The second kappa shape index (κ2) is 8.65. The molecule has 0 bridgehead atoms. The number of carbonyl (C=O) groups excluding carboxylic acids is 2. The lowest BCUT2D eigenvalue weighted by molar-refractivity contribution is -0.132. The van der Waals surface area contributed by atoms with Crippen LogP contribution in [0.25, 0.3) is 16.0 Å². The maximum absolute atomic E-state index is 13.4. The molecule has 1 unspecified atom stereocenters. The van der Waals surface area contributed by atoms with E-state index in [1.807, 2.05) is 31.2 Å². The number of benzene rings is 3. The van der Waals surface area contributed by atoms with E-state index in [9.17, 15) is 14.7 Å². The number of aryl methyl sites for hydroxylation is 1. The minimum Gasteiger partial charge on any atom is -0.507 e. The zero-order valence-electron chi connectivity index (χ0n) is 19.0. The molecule has 1 fully saturated rings. The van der Waals surface area contributed by atoms with Crippen LogP contribution in [0.15, 0.2) is 66.2 Å². The first-order chi connectivity index (χ1) is 17.4. The molecule has 0 radical (unpaired) electrons. The molecule has 1 N–H and O–H groups in total. The molecular formula is C27H19ClN2O5S. The summed E-state index contributed by atoms with van der Waals surface area (Å²) in [6.07, 6.45) is 0. The van der Waals surface area contributed by atoms with Crippen molar-refractivity contribution >= 4 is 55.7 Å². The molecule has 1 amide bonds. The number of halogens is 1. The fourth-order valence-electron chi connectivity index (χ4n) is 4.52. The van der Waals surface area contributed by atoms with E-state index in [1.54, 1.807) is 36.4 Å². The number of thiazole rings is 1. The van der Waals surface area contributed by atoms with Gasteiger partial charge in [-0.05, 0) is 48.9 Å². The average molecular weight is 519 g/mol. The van der Waals surface area contributed by atoms with Gasteiger partial charge in [0.1, 0.15) is 19.0 Å². The second-order valence-corrected chi connectivity index (χ2v) is 10.00. The summed E-state index contributed by atoms with van der Waals surface area (Å²) in [5.41, 5.74) is 2.64. The Morgan fingerprint density at radius 2 is 1.86 bits per heavy atom. The van der Waals surface area contributed by atoms with Crippen molar-refractivity contribution in [2.45, 2.75) is 13.0 Å². The van der Waals surface area contributed by atoms with E-state index >= 15 is 0 Å². The smallest absolute Gasteiger partial charge is 0.301 e. The van der Waals surface area contributed by atoms with E-state index in [0.717, 1.165) is 10.3 Å². The molecule has 3 heterocycles. The lowest BCUT2D eigenvalue weighted by Crippen LogP contribution is -2.29. The van der Waals surface area contributed by atoms with E-state index in [2.05, 4.69) is 4.98 Å². The Morgan fingerprint density at radius 1 is 1.06 bits per heavy atom. The van der Waals surface area contributed by atoms with Crippen molar-refractivity contribution in [1.29, 1.82) is 0 Å². The molecule has 2 aliphatic heterocycles. The minimum absolute atomic E-state index is 0.0143. The minimum atomic E-state index is -0.867. The van der Waals surface area contributed by atoms with Gasteiger partial charge >= 0.3 is 5.91 Å². The Kier molecular flexibility index (Phi) is 5.43. The van der Waals surface area contributed by atoms with Crippen LogP contribution in [0.5, 0.6) is 11.5 Å². The highest BCUT2D eigenvalue weighted by molar-refractivity contribution is 7.22. The van der Waals surface area contributed by atoms with Gasteiger partial charge in [-0.1, -0.05) is 52.8 Å². The van der Waals surface area contributed by atoms with Crippen LogP contribution in [0.3, 0.4) is 0 Å². The van der Waals surface area contributed by atoms with Gasteiger partial charge in [0, 0.05) is 10.6 Å². The van der Waals surface area contributed by atoms with Gasteiger partial charge in [-0.15, -0.1) is 0 Å². The SMILES string of the molecule is Cc1cccc(C2/C(=C(\O)c3ccc4c(c3)OCCO4)C(=O)C(=O)N2c2nc3ccc(Cl)cc3s2)c1. The van der Waals surface area contributed by atoms with Crippen molar-refractivity contribution in [2.24, 2.45) is 0 Å². The predicted octanol–water partition coefficient (Wildman–Crippen LogP) is 5.66. The molecule has 36 heavy (non-hydrogen) atoms. The van der Waals surface area contributed by atoms with Crippen molar-refractivity contribution in [1.82, 2.24) is 4.98 Å². The Hall–Kier alpha value is -3.88. The number of rotatable bonds is 3. The highest BCUT2D eigenvalue weighted by Crippen LogP contribution is 2.45. The summed E-state index contributed by atoms with van der Waals surface area (Å²) in [4.78, 5) is 32.8. The van der Waals surface area contributed by atoms with Crippen LogP contribution in [0, 0.1) is 6.92 Å². The summed E-state index contributed by atoms with van der Waals surface area (Å²) in [6.45, 7) is 2.74. The fourth-order valence-corrected chi connectivity index (χ4v) is 5.79. The normalized spacial score (nSPS) is 18.7. The van der Waals surface area contributed by atoms with Crippen LogP contribution in [0.4, 0.5) is 5.13 Å². The summed E-state index contributed by atoms with van der Waals surface area (Å²) >= 11 is 7.41. The first kappa shape index (κ1) is 22.6. The molecule has 3 aromatic carbocycles. The Balaban J connectivity index is 1.54. The van der Waals surface area contributed by atoms with Crippen LogP contribution in [0.1, 0.15) is 22.7 Å². The van der Waals surface area contributed by atoms with Gasteiger partial charge in [-0.3, -0.25) is 14.5 Å². The molecule has 0 saturated carbocycles. The molecule has 1 saturated heterocycles. The predicted molar refractivity (Wildman–Crippen MR) is 138 cm³/mol. The number of aromatic nitrogens is 1. The third-order valence-electron chi connectivity index (χ3n) is 6.16. The molecule has 180 valence electrons. The number of hydrogen-bond donors (Lipinski definition) is 1. The average Bonchev–Trinajstić information content (AvgIpc) is 3.41. The van der Waals surface area contributed by atoms with E-state index in [1.165, 1.54) is 16.2 Å². The van der Waals surface area contributed by atoms with Gasteiger partial charge in [-0.25, -0.2) is 4.98 Å². The number of hydrogen-bond acceptors (Lipinski definition) is 7. The van der Waals surface area contributed by atoms with E-state index in [-0.39, 0.29) is 11.3 Å². The highest BCUT2D eigenvalue weighted by atomic mass is 35.5. The number of nitrogens with zero attached hydrogens (tertiary/aromatic N) is 2. The van der Waals surface area contributed by atoms with Crippen LogP contribution >= 0.6 is 22.9 Å². The number of ether oxygens (including phenoxy) is 2. The summed E-state index contributed by atoms with van der Waals surface area (Å²) in [7, 11) is 0. The van der Waals surface area contributed by atoms with Gasteiger partial charge in [-0.2, -0.15) is 0 Å². The highest BCUT2D eigenvalue weighted by Gasteiger charge is 2.48. The molecule has 7 nitrogen and oxygen atoms in total. The standard InChI is InChI=1S/C27H19ClN2O5S/c1-14-3-2-4-15(11-14)23-22(24(31)16-5-8-19-20(12-16)35-10-9-34-19)25(32)26(33)30(23)27-29-18-7-6-17(28)13-21(18)36-27/h2-8,11-13,23,31H,9-10H2,1H3/b24-22+. The number of Topliss-reactive ketones (excluding diaryl/α,β-unsaturated/α-hetero) is 1. The molecule has 0 aliphatic carbocycles. The van der Waals surface area contributed by atoms with Crippen molar-refractivity contribution in [2.75, 3.05) is 18.1 Å². The third-order valence-corrected chi connectivity index (χ3v) is 7.42. The maximum atomic E-state index is 13.4. The van der Waals surface area contributed by atoms with E-state index in [0.29, 0.717) is 51.5 Å². The second-order valence-electron chi connectivity index (χ2n) is 8.55. The number of ketones is 1. The zero-order valence-corrected chi connectivity index (χ0v) is 20.6. The summed E-state index contributed by atoms with van der Waals surface area (Å²) < 4.78 is 12.0. The van der Waals surface area contributed by atoms with Gasteiger partial charge in [0.25, 0.3) is 5.78 Å². The molecule has 2 aliphatic rings. The molecule has 0 spiro atoms. The largest absolute Gasteiger partial charge is 0.507 e. The Bertz CT molecular complexity index is 1590. The van der Waals surface area contributed by atoms with Crippen LogP contribution in [-0.2, 0) is 9.59 Å². The third kappa shape index (κ3) is 3.70. The van der Waals surface area contributed by atoms with Gasteiger partial charge in [0.2, 0.25) is 0 Å².